The van der Waals surface area contributed by atoms with Crippen LogP contribution in [0.1, 0.15) is 35.4 Å². The third-order valence-electron chi connectivity index (χ3n) is 4.78. The molecule has 1 amide bonds. The molecule has 4 nitrogen and oxygen atoms in total. The number of amides is 1. The Morgan fingerprint density at radius 3 is 2.64 bits per heavy atom. The number of fused-ring (bicyclic) bond motifs is 1. The predicted octanol–water partition coefficient (Wildman–Crippen LogP) is 4.61. The zero-order valence-corrected chi connectivity index (χ0v) is 15.0. The smallest absolute Gasteiger partial charge is 0.253 e. The van der Waals surface area contributed by atoms with Gasteiger partial charge in [0.05, 0.1) is 11.0 Å². The lowest BCUT2D eigenvalue weighted by Crippen LogP contribution is -2.35. The fourth-order valence-corrected chi connectivity index (χ4v) is 3.74. The first-order valence-electron chi connectivity index (χ1n) is 8.68. The van der Waals surface area contributed by atoms with Crippen LogP contribution in [0.2, 0.25) is 5.02 Å². The third-order valence-corrected chi connectivity index (χ3v) is 5.01. The molecule has 0 bridgehead atoms. The van der Waals surface area contributed by atoms with Crippen LogP contribution in [0.5, 0.6) is 0 Å². The standard InChI is InChI=1S/C20H20ClN3O/c1-14-22-18-12-15(20(25)23-10-3-2-4-11-23)8-9-19(18)24(14)17-7-5-6-16(21)13-17/h5-9,12-13H,2-4,10-11H2,1H3. The van der Waals surface area contributed by atoms with Crippen molar-refractivity contribution >= 4 is 28.5 Å². The van der Waals surface area contributed by atoms with Crippen LogP contribution in [0.25, 0.3) is 16.7 Å². The van der Waals surface area contributed by atoms with Gasteiger partial charge in [-0.1, -0.05) is 17.7 Å². The van der Waals surface area contributed by atoms with Gasteiger partial charge in [0.2, 0.25) is 0 Å². The van der Waals surface area contributed by atoms with Gasteiger partial charge in [-0.25, -0.2) is 4.98 Å². The molecule has 3 aromatic rings. The Bertz CT molecular complexity index is 941. The van der Waals surface area contributed by atoms with Crippen molar-refractivity contribution in [1.29, 1.82) is 0 Å². The van der Waals surface area contributed by atoms with Crippen LogP contribution in [0.15, 0.2) is 42.5 Å². The van der Waals surface area contributed by atoms with Crippen LogP contribution in [0, 0.1) is 6.92 Å². The summed E-state index contributed by atoms with van der Waals surface area (Å²) in [5.74, 6) is 0.983. The molecule has 1 aliphatic heterocycles. The normalized spacial score (nSPS) is 14.9. The van der Waals surface area contributed by atoms with E-state index in [-0.39, 0.29) is 5.91 Å². The maximum absolute atomic E-state index is 12.7. The maximum Gasteiger partial charge on any atom is 0.253 e. The number of benzene rings is 2. The van der Waals surface area contributed by atoms with Gasteiger partial charge >= 0.3 is 0 Å². The van der Waals surface area contributed by atoms with Crippen molar-refractivity contribution in [2.45, 2.75) is 26.2 Å². The van der Waals surface area contributed by atoms with Gasteiger partial charge in [0.1, 0.15) is 5.82 Å². The van der Waals surface area contributed by atoms with Crippen molar-refractivity contribution in [2.75, 3.05) is 13.1 Å². The molecule has 128 valence electrons. The second-order valence-electron chi connectivity index (χ2n) is 6.53. The summed E-state index contributed by atoms with van der Waals surface area (Å²) in [7, 11) is 0. The van der Waals surface area contributed by atoms with Gasteiger partial charge in [-0.3, -0.25) is 9.36 Å². The number of hydrogen-bond donors (Lipinski definition) is 0. The fraction of sp³-hybridized carbons (Fsp3) is 0.300. The van der Waals surface area contributed by atoms with E-state index in [0.29, 0.717) is 10.6 Å². The predicted molar refractivity (Wildman–Crippen MR) is 101 cm³/mol. The summed E-state index contributed by atoms with van der Waals surface area (Å²) in [5, 5.41) is 0.690. The monoisotopic (exact) mass is 353 g/mol. The van der Waals surface area contributed by atoms with Gasteiger partial charge in [0.15, 0.2) is 0 Å². The van der Waals surface area contributed by atoms with Crippen LogP contribution >= 0.6 is 11.6 Å². The van der Waals surface area contributed by atoms with E-state index in [1.807, 2.05) is 54.3 Å². The number of piperidine rings is 1. The second-order valence-corrected chi connectivity index (χ2v) is 6.97. The average Bonchev–Trinajstić information content (AvgIpc) is 2.96. The molecule has 0 N–H and O–H groups in total. The number of hydrogen-bond acceptors (Lipinski definition) is 2. The highest BCUT2D eigenvalue weighted by Crippen LogP contribution is 2.25. The minimum Gasteiger partial charge on any atom is -0.339 e. The Balaban J connectivity index is 1.74. The van der Waals surface area contributed by atoms with Crippen LogP contribution in [0.3, 0.4) is 0 Å². The number of imidazole rings is 1. The van der Waals surface area contributed by atoms with Crippen molar-refractivity contribution < 1.29 is 4.79 Å². The maximum atomic E-state index is 12.7. The molecule has 25 heavy (non-hydrogen) atoms. The number of carbonyl (C=O) groups excluding carboxylic acids is 1. The molecular weight excluding hydrogens is 334 g/mol. The summed E-state index contributed by atoms with van der Waals surface area (Å²) in [6.45, 7) is 3.67. The SMILES string of the molecule is Cc1nc2cc(C(=O)N3CCCCC3)ccc2n1-c1cccc(Cl)c1. The second kappa shape index (κ2) is 6.52. The lowest BCUT2D eigenvalue weighted by molar-refractivity contribution is 0.0724. The van der Waals surface area contributed by atoms with Crippen LogP contribution < -0.4 is 0 Å². The third kappa shape index (κ3) is 3.02. The van der Waals surface area contributed by atoms with E-state index < -0.39 is 0 Å². The first kappa shape index (κ1) is 16.2. The lowest BCUT2D eigenvalue weighted by Gasteiger charge is -2.26. The number of rotatable bonds is 2. The molecule has 5 heteroatoms. The van der Waals surface area contributed by atoms with Gasteiger partial charge in [0, 0.05) is 29.4 Å². The first-order chi connectivity index (χ1) is 12.1. The number of nitrogens with zero attached hydrogens (tertiary/aromatic N) is 3. The van der Waals surface area contributed by atoms with Crippen LogP contribution in [-0.4, -0.2) is 33.4 Å². The highest BCUT2D eigenvalue weighted by Gasteiger charge is 2.19. The molecular formula is C20H20ClN3O. The van der Waals surface area contributed by atoms with E-state index in [9.17, 15) is 4.79 Å². The molecule has 1 aliphatic rings. The van der Waals surface area contributed by atoms with E-state index >= 15 is 0 Å². The average molecular weight is 354 g/mol. The molecule has 1 fully saturated rings. The number of carbonyl (C=O) groups is 1. The zero-order valence-electron chi connectivity index (χ0n) is 14.2. The highest BCUT2D eigenvalue weighted by atomic mass is 35.5. The van der Waals surface area contributed by atoms with E-state index in [4.69, 9.17) is 11.6 Å². The summed E-state index contributed by atoms with van der Waals surface area (Å²) in [6, 6.07) is 13.5. The van der Waals surface area contributed by atoms with E-state index in [2.05, 4.69) is 9.55 Å². The van der Waals surface area contributed by atoms with Gasteiger partial charge in [-0.05, 0) is 62.6 Å². The minimum atomic E-state index is 0.108. The molecule has 2 aromatic carbocycles. The fourth-order valence-electron chi connectivity index (χ4n) is 3.55. The summed E-state index contributed by atoms with van der Waals surface area (Å²) in [4.78, 5) is 19.3. The van der Waals surface area contributed by atoms with Crippen molar-refractivity contribution in [3.63, 3.8) is 0 Å². The van der Waals surface area contributed by atoms with Crippen molar-refractivity contribution in [3.05, 3.63) is 58.9 Å². The van der Waals surface area contributed by atoms with Crippen molar-refractivity contribution in [3.8, 4) is 5.69 Å². The molecule has 1 saturated heterocycles. The largest absolute Gasteiger partial charge is 0.339 e. The van der Waals surface area contributed by atoms with Gasteiger partial charge in [-0.2, -0.15) is 0 Å². The molecule has 0 unspecified atom stereocenters. The van der Waals surface area contributed by atoms with Crippen molar-refractivity contribution in [1.82, 2.24) is 14.5 Å². The quantitative estimate of drug-likeness (QED) is 0.674. The Kier molecular flexibility index (Phi) is 4.22. The van der Waals surface area contributed by atoms with E-state index in [0.717, 1.165) is 48.5 Å². The van der Waals surface area contributed by atoms with E-state index in [1.165, 1.54) is 6.42 Å². The number of halogens is 1. The molecule has 2 heterocycles. The molecule has 0 aliphatic carbocycles. The van der Waals surface area contributed by atoms with Gasteiger partial charge in [0.25, 0.3) is 5.91 Å². The summed E-state index contributed by atoms with van der Waals surface area (Å²) < 4.78 is 2.07. The highest BCUT2D eigenvalue weighted by molar-refractivity contribution is 6.30. The Morgan fingerprint density at radius 2 is 1.88 bits per heavy atom. The van der Waals surface area contributed by atoms with Gasteiger partial charge in [-0.15, -0.1) is 0 Å². The Labute approximate surface area is 152 Å². The van der Waals surface area contributed by atoms with Crippen LogP contribution in [-0.2, 0) is 0 Å². The summed E-state index contributed by atoms with van der Waals surface area (Å²) in [5.41, 5.74) is 3.50. The lowest BCUT2D eigenvalue weighted by atomic mass is 10.1. The Hall–Kier alpha value is -2.33. The number of likely N-dealkylation sites (tertiary alicyclic amines) is 1. The molecule has 4 rings (SSSR count). The molecule has 0 radical (unpaired) electrons. The van der Waals surface area contributed by atoms with Crippen molar-refractivity contribution in [2.24, 2.45) is 0 Å². The Morgan fingerprint density at radius 1 is 1.08 bits per heavy atom. The summed E-state index contributed by atoms with van der Waals surface area (Å²) >= 11 is 6.13. The van der Waals surface area contributed by atoms with Crippen LogP contribution in [0.4, 0.5) is 0 Å². The molecule has 0 saturated carbocycles. The number of aromatic nitrogens is 2. The first-order valence-corrected chi connectivity index (χ1v) is 9.05. The molecule has 0 spiro atoms. The zero-order chi connectivity index (χ0) is 17.4. The van der Waals surface area contributed by atoms with Gasteiger partial charge < -0.3 is 4.90 Å². The van der Waals surface area contributed by atoms with E-state index in [1.54, 1.807) is 0 Å². The molecule has 0 atom stereocenters. The number of aryl methyl sites for hydroxylation is 1. The topological polar surface area (TPSA) is 38.1 Å². The minimum absolute atomic E-state index is 0.108. The molecule has 1 aromatic heterocycles. The summed E-state index contributed by atoms with van der Waals surface area (Å²) in [6.07, 6.45) is 3.40.